The average molecular weight is 938 g/mol. The zero-order valence-electron chi connectivity index (χ0n) is 37.9. The molecule has 0 aromatic heterocycles. The molecule has 3 aliphatic heterocycles. The van der Waals surface area contributed by atoms with Crippen LogP contribution in [0.3, 0.4) is 0 Å². The lowest BCUT2D eigenvalue weighted by molar-refractivity contribution is -0.893. The van der Waals surface area contributed by atoms with E-state index in [1.807, 2.05) is 57.4 Å². The van der Waals surface area contributed by atoms with Crippen LogP contribution in [0.1, 0.15) is 76.6 Å². The Kier molecular flexibility index (Phi) is 26.2. The van der Waals surface area contributed by atoms with Crippen LogP contribution in [0.4, 0.5) is 0 Å². The predicted octanol–water partition coefficient (Wildman–Crippen LogP) is 5.72. The normalized spacial score (nSPS) is 14.7. The van der Waals surface area contributed by atoms with Gasteiger partial charge in [-0.3, -0.25) is 29.0 Å². The number of hydrogen-bond acceptors (Lipinski definition) is 11. The summed E-state index contributed by atoms with van der Waals surface area (Å²) in [6.07, 6.45) is 4.57. The van der Waals surface area contributed by atoms with Crippen molar-refractivity contribution in [1.82, 2.24) is 14.7 Å². The summed E-state index contributed by atoms with van der Waals surface area (Å²) in [5.41, 5.74) is 2.19. The van der Waals surface area contributed by atoms with Crippen LogP contribution >= 0.6 is 0 Å². The molecule has 372 valence electrons. The van der Waals surface area contributed by atoms with Gasteiger partial charge in [-0.1, -0.05) is 58.7 Å². The van der Waals surface area contributed by atoms with E-state index in [1.165, 1.54) is 9.80 Å². The summed E-state index contributed by atoms with van der Waals surface area (Å²) in [5, 5.41) is 13.1. The number of hydrogen-bond donors (Lipinski definition) is 1. The van der Waals surface area contributed by atoms with Gasteiger partial charge in [-0.25, -0.2) is 0 Å². The number of imide groups is 2. The Morgan fingerprint density at radius 3 is 1.58 bits per heavy atom. The zero-order valence-corrected chi connectivity index (χ0v) is 37.9. The maximum Gasteiger partial charge on any atom is 0.261 e. The van der Waals surface area contributed by atoms with Gasteiger partial charge in [0.05, 0.1) is 67.9 Å². The van der Waals surface area contributed by atoms with Gasteiger partial charge in [0, 0.05) is 63.3 Å². The lowest BCUT2D eigenvalue weighted by Gasteiger charge is -2.33. The molecular weight excluding hydrogens is 861 g/mol. The molecule has 2 atom stereocenters. The number of methoxy groups -OCH3 is 2. The van der Waals surface area contributed by atoms with E-state index < -0.39 is 6.10 Å². The van der Waals surface area contributed by atoms with Crippen LogP contribution in [-0.4, -0.2) is 179 Å². The molecule has 7 rings (SSSR count). The van der Waals surface area contributed by atoms with Crippen LogP contribution in [0.2, 0.25) is 0 Å². The molecular formula is C51H77N4O12+. The SMILES string of the molecule is C.C.C.C=CCOCC(O)C[N+](C)(C)CCCN1C(=O)c2cccc3c(OC)ccc(c23)C1=O.C=CCOCC1CO1.COc1ccc2c3c(cccc13)C(=O)N(CCCN(C)C)C2=O.O.O. The van der Waals surface area contributed by atoms with Crippen LogP contribution in [0.25, 0.3) is 21.5 Å². The number of aliphatic hydroxyl groups is 1. The number of epoxide rings is 1. The zero-order chi connectivity index (χ0) is 45.0. The largest absolute Gasteiger partial charge is 0.496 e. The first-order chi connectivity index (χ1) is 29.8. The molecule has 16 heteroatoms. The second-order valence-electron chi connectivity index (χ2n) is 16.2. The topological polar surface area (TPSA) is 211 Å². The first-order valence-corrected chi connectivity index (χ1v) is 20.8. The van der Waals surface area contributed by atoms with E-state index in [2.05, 4.69) is 13.2 Å². The van der Waals surface area contributed by atoms with E-state index in [0.29, 0.717) is 101 Å². The molecule has 0 spiro atoms. The Balaban J connectivity index is 0.00000107. The first kappa shape index (κ1) is 61.4. The lowest BCUT2D eigenvalue weighted by Crippen LogP contribution is -2.48. The Labute approximate surface area is 397 Å². The van der Waals surface area contributed by atoms with E-state index in [9.17, 15) is 24.3 Å². The highest BCUT2D eigenvalue weighted by Crippen LogP contribution is 2.37. The minimum absolute atomic E-state index is 0. The Hall–Kier alpha value is -5.56. The fourth-order valence-corrected chi connectivity index (χ4v) is 7.65. The third-order valence-corrected chi connectivity index (χ3v) is 10.7. The minimum Gasteiger partial charge on any atom is -0.496 e. The quantitative estimate of drug-likeness (QED) is 0.0373. The molecule has 0 saturated carbocycles. The number of nitrogens with zero attached hydrogens (tertiary/aromatic N) is 4. The number of likely N-dealkylation sites (N-methyl/N-ethyl adjacent to an activating group) is 1. The van der Waals surface area contributed by atoms with Crippen molar-refractivity contribution in [3.63, 3.8) is 0 Å². The summed E-state index contributed by atoms with van der Waals surface area (Å²) < 4.78 is 26.6. The number of quaternary nitrogens is 1. The standard InChI is InChI=1S/C24H31N2O5.C18H20N2O3.C6H10O2.3CH4.2H2O/c1-5-14-31-16-17(27)15-26(2,3)13-7-12-25-23(28)19-9-6-8-18-21(30-4)11-10-20(22(18)19)24(25)29;1-19(2)10-5-11-20-17(21)13-7-4-6-12-15(23-3)9-8-14(16(12)13)18(20)22;1-2-3-7-4-6-5-8-6;;;;;/h5-6,8-11,17,27H,1,7,12-16H2,2-4H3;4,6-9H,5,10-11H2,1-3H3;2,6H,1,3-5H2;3*1H4;2*1H2/q+1;;;;;;;. The van der Waals surface area contributed by atoms with Gasteiger partial charge in [-0.05, 0) is 63.5 Å². The molecule has 1 fully saturated rings. The van der Waals surface area contributed by atoms with Gasteiger partial charge >= 0.3 is 0 Å². The van der Waals surface area contributed by atoms with Crippen molar-refractivity contribution in [2.75, 3.05) is 108 Å². The van der Waals surface area contributed by atoms with Crippen molar-refractivity contribution in [2.24, 2.45) is 0 Å². The number of carbonyl (C=O) groups is 4. The Morgan fingerprint density at radius 2 is 1.16 bits per heavy atom. The maximum absolute atomic E-state index is 13.1. The van der Waals surface area contributed by atoms with Crippen LogP contribution < -0.4 is 9.47 Å². The number of benzene rings is 4. The second kappa shape index (κ2) is 28.6. The lowest BCUT2D eigenvalue weighted by atomic mass is 9.93. The molecule has 0 bridgehead atoms. The highest BCUT2D eigenvalue weighted by atomic mass is 16.6. The van der Waals surface area contributed by atoms with E-state index in [0.717, 1.165) is 37.0 Å². The molecule has 4 aromatic carbocycles. The molecule has 0 aliphatic carbocycles. The van der Waals surface area contributed by atoms with Crippen molar-refractivity contribution >= 4 is 45.2 Å². The van der Waals surface area contributed by atoms with Gasteiger partial charge in [-0.2, -0.15) is 0 Å². The van der Waals surface area contributed by atoms with Crippen molar-refractivity contribution in [1.29, 1.82) is 0 Å². The molecule has 4 aromatic rings. The third-order valence-electron chi connectivity index (χ3n) is 10.7. The van der Waals surface area contributed by atoms with Gasteiger partial charge in [0.1, 0.15) is 30.3 Å². The van der Waals surface area contributed by atoms with Crippen molar-refractivity contribution in [3.8, 4) is 11.5 Å². The number of amides is 4. The predicted molar refractivity (Wildman–Crippen MR) is 267 cm³/mol. The minimum atomic E-state index is -0.590. The number of carbonyl (C=O) groups excluding carboxylic acids is 4. The number of aliphatic hydroxyl groups excluding tert-OH is 1. The summed E-state index contributed by atoms with van der Waals surface area (Å²) in [7, 11) is 11.1. The molecule has 16 nitrogen and oxygen atoms in total. The monoisotopic (exact) mass is 938 g/mol. The average Bonchev–Trinajstić information content (AvgIpc) is 4.09. The van der Waals surface area contributed by atoms with Crippen LogP contribution in [0.5, 0.6) is 11.5 Å². The molecule has 3 heterocycles. The van der Waals surface area contributed by atoms with Crippen LogP contribution in [0.15, 0.2) is 86.0 Å². The van der Waals surface area contributed by atoms with Crippen molar-refractivity contribution in [2.45, 2.75) is 47.3 Å². The summed E-state index contributed by atoms with van der Waals surface area (Å²) in [6.45, 7) is 12.8. The van der Waals surface area contributed by atoms with E-state index >= 15 is 0 Å². The highest BCUT2D eigenvalue weighted by Gasteiger charge is 2.35. The molecule has 0 radical (unpaired) electrons. The third kappa shape index (κ3) is 15.5. The van der Waals surface area contributed by atoms with Crippen molar-refractivity contribution < 1.29 is 63.4 Å². The molecule has 3 aliphatic rings. The summed E-state index contributed by atoms with van der Waals surface area (Å²) in [4.78, 5) is 56.4. The first-order valence-electron chi connectivity index (χ1n) is 20.8. The fraction of sp³-hybridized carbons (Fsp3) is 0.451. The van der Waals surface area contributed by atoms with Gasteiger partial charge in [0.25, 0.3) is 23.6 Å². The van der Waals surface area contributed by atoms with Gasteiger partial charge in [-0.15, -0.1) is 13.2 Å². The van der Waals surface area contributed by atoms with Crippen molar-refractivity contribution in [3.05, 3.63) is 108 Å². The number of ether oxygens (including phenoxy) is 5. The van der Waals surface area contributed by atoms with Crippen LogP contribution in [0, 0.1) is 0 Å². The summed E-state index contributed by atoms with van der Waals surface area (Å²) in [6, 6.07) is 17.9. The van der Waals surface area contributed by atoms with Gasteiger partial charge in [0.2, 0.25) is 0 Å². The molecule has 1 saturated heterocycles. The Bertz CT molecular complexity index is 2210. The molecule has 4 amide bonds. The molecule has 2 unspecified atom stereocenters. The van der Waals surface area contributed by atoms with Gasteiger partial charge in [0.15, 0.2) is 0 Å². The summed E-state index contributed by atoms with van der Waals surface area (Å²) in [5.74, 6) is 0.316. The summed E-state index contributed by atoms with van der Waals surface area (Å²) >= 11 is 0. The Morgan fingerprint density at radius 1 is 0.731 bits per heavy atom. The molecule has 5 N–H and O–H groups in total. The molecule has 67 heavy (non-hydrogen) atoms. The fourth-order valence-electron chi connectivity index (χ4n) is 7.65. The number of rotatable bonds is 20. The second-order valence-corrected chi connectivity index (χ2v) is 16.2. The van der Waals surface area contributed by atoms with E-state index in [4.69, 9.17) is 23.7 Å². The van der Waals surface area contributed by atoms with E-state index in [1.54, 1.807) is 62.8 Å². The highest BCUT2D eigenvalue weighted by molar-refractivity contribution is 6.27. The van der Waals surface area contributed by atoms with E-state index in [-0.39, 0.29) is 63.5 Å². The maximum atomic E-state index is 13.1. The smallest absolute Gasteiger partial charge is 0.261 e. The van der Waals surface area contributed by atoms with Gasteiger partial charge < -0.3 is 49.1 Å². The van der Waals surface area contributed by atoms with Crippen LogP contribution in [-0.2, 0) is 14.2 Å².